The van der Waals surface area contributed by atoms with E-state index in [-0.39, 0.29) is 17.5 Å². The van der Waals surface area contributed by atoms with Crippen molar-refractivity contribution in [1.82, 2.24) is 20.4 Å². The number of benzene rings is 1. The lowest BCUT2D eigenvalue weighted by Crippen LogP contribution is -2.26. The Labute approximate surface area is 162 Å². The molecular weight excluding hydrogens is 362 g/mol. The summed E-state index contributed by atoms with van der Waals surface area (Å²) in [4.78, 5) is 20.6. The monoisotopic (exact) mass is 383 g/mol. The van der Waals surface area contributed by atoms with E-state index in [4.69, 9.17) is 14.0 Å². The quantitative estimate of drug-likeness (QED) is 0.610. The fraction of sp³-hybridized carbons (Fsp3) is 0.263. The Hall–Kier alpha value is -3.62. The molecule has 9 nitrogen and oxygen atoms in total. The Balaban J connectivity index is 1.57. The van der Waals surface area contributed by atoms with Gasteiger partial charge in [-0.25, -0.2) is 9.97 Å². The Bertz CT molecular complexity index is 957. The Morgan fingerprint density at radius 1 is 1.14 bits per heavy atom. The summed E-state index contributed by atoms with van der Waals surface area (Å²) in [6.07, 6.45) is 2.14. The van der Waals surface area contributed by atoms with Crippen LogP contribution >= 0.6 is 0 Å². The summed E-state index contributed by atoms with van der Waals surface area (Å²) in [6, 6.07) is 8.91. The molecule has 0 unspecified atom stereocenters. The fourth-order valence-corrected chi connectivity index (χ4v) is 2.53. The molecule has 0 aliphatic rings. The number of nitrogens with one attached hydrogen (secondary N) is 2. The van der Waals surface area contributed by atoms with Gasteiger partial charge in [-0.2, -0.15) is 0 Å². The maximum Gasteiger partial charge on any atom is 0.270 e. The van der Waals surface area contributed by atoms with E-state index >= 15 is 0 Å². The molecule has 1 amide bonds. The van der Waals surface area contributed by atoms with Gasteiger partial charge in [0.05, 0.1) is 14.2 Å². The number of methoxy groups -OCH3 is 2. The standard InChI is InChI=1S/C19H21N5O4/c1-12-10-17(24-28-12)23-19-21-9-7-14(22-19)18(25)20-8-6-13-4-5-15(26-2)16(11-13)27-3/h4-5,7,9-11H,6,8H2,1-3H3,(H,20,25)(H,21,22,23,24). The zero-order valence-electron chi connectivity index (χ0n) is 15.9. The number of nitrogens with zero attached hydrogens (tertiary/aromatic N) is 3. The molecule has 0 spiro atoms. The fourth-order valence-electron chi connectivity index (χ4n) is 2.53. The number of carbonyl (C=O) groups is 1. The summed E-state index contributed by atoms with van der Waals surface area (Å²) < 4.78 is 15.5. The van der Waals surface area contributed by atoms with E-state index in [0.29, 0.717) is 36.0 Å². The molecule has 2 aromatic heterocycles. The van der Waals surface area contributed by atoms with E-state index in [9.17, 15) is 4.79 Å². The highest BCUT2D eigenvalue weighted by Gasteiger charge is 2.10. The average Bonchev–Trinajstić information content (AvgIpc) is 3.12. The van der Waals surface area contributed by atoms with Gasteiger partial charge in [-0.15, -0.1) is 0 Å². The number of anilines is 2. The number of ether oxygens (including phenoxy) is 2. The first-order chi connectivity index (χ1) is 13.6. The van der Waals surface area contributed by atoms with Crippen molar-refractivity contribution in [1.29, 1.82) is 0 Å². The van der Waals surface area contributed by atoms with Crippen molar-refractivity contribution in [3.05, 3.63) is 53.5 Å². The third-order valence-electron chi connectivity index (χ3n) is 3.90. The predicted molar refractivity (Wildman–Crippen MR) is 102 cm³/mol. The van der Waals surface area contributed by atoms with Crippen LogP contribution in [0.3, 0.4) is 0 Å². The second kappa shape index (κ2) is 8.85. The van der Waals surface area contributed by atoms with Gasteiger partial charge in [-0.1, -0.05) is 11.2 Å². The van der Waals surface area contributed by atoms with E-state index in [0.717, 1.165) is 5.56 Å². The summed E-state index contributed by atoms with van der Waals surface area (Å²) in [7, 11) is 3.18. The number of hydrogen-bond donors (Lipinski definition) is 2. The van der Waals surface area contributed by atoms with E-state index in [1.807, 2.05) is 18.2 Å². The molecule has 28 heavy (non-hydrogen) atoms. The van der Waals surface area contributed by atoms with Crippen molar-refractivity contribution in [2.75, 3.05) is 26.1 Å². The minimum absolute atomic E-state index is 0.255. The molecule has 9 heteroatoms. The Kier molecular flexibility index (Phi) is 6.05. The molecule has 0 radical (unpaired) electrons. The summed E-state index contributed by atoms with van der Waals surface area (Å²) >= 11 is 0. The largest absolute Gasteiger partial charge is 0.493 e. The molecule has 0 fully saturated rings. The number of aromatic nitrogens is 3. The number of carbonyl (C=O) groups excluding carboxylic acids is 1. The molecule has 0 bridgehead atoms. The minimum atomic E-state index is -0.290. The van der Waals surface area contributed by atoms with Crippen molar-refractivity contribution in [3.8, 4) is 11.5 Å². The molecule has 3 rings (SSSR count). The highest BCUT2D eigenvalue weighted by atomic mass is 16.5. The lowest BCUT2D eigenvalue weighted by Gasteiger charge is -2.10. The van der Waals surface area contributed by atoms with Crippen LogP contribution in [-0.2, 0) is 6.42 Å². The van der Waals surface area contributed by atoms with Crippen LogP contribution in [0.4, 0.5) is 11.8 Å². The summed E-state index contributed by atoms with van der Waals surface area (Å²) in [5.74, 6) is 2.43. The molecule has 0 aliphatic heterocycles. The molecule has 0 saturated carbocycles. The number of aryl methyl sites for hydroxylation is 1. The van der Waals surface area contributed by atoms with Gasteiger partial charge in [0.25, 0.3) is 5.91 Å². The van der Waals surface area contributed by atoms with Gasteiger partial charge in [0.1, 0.15) is 11.5 Å². The van der Waals surface area contributed by atoms with Gasteiger partial charge in [-0.05, 0) is 37.1 Å². The van der Waals surface area contributed by atoms with Crippen LogP contribution in [0.15, 0.2) is 41.1 Å². The van der Waals surface area contributed by atoms with E-state index in [1.54, 1.807) is 33.3 Å². The van der Waals surface area contributed by atoms with Crippen LogP contribution in [0, 0.1) is 6.92 Å². The molecule has 2 heterocycles. The first-order valence-electron chi connectivity index (χ1n) is 8.61. The topological polar surface area (TPSA) is 111 Å². The highest BCUT2D eigenvalue weighted by molar-refractivity contribution is 5.92. The van der Waals surface area contributed by atoms with Crippen LogP contribution in [0.25, 0.3) is 0 Å². The van der Waals surface area contributed by atoms with Crippen molar-refractivity contribution < 1.29 is 18.8 Å². The van der Waals surface area contributed by atoms with Gasteiger partial charge in [0, 0.05) is 18.8 Å². The van der Waals surface area contributed by atoms with E-state index in [2.05, 4.69) is 25.8 Å². The van der Waals surface area contributed by atoms with Crippen LogP contribution in [0.1, 0.15) is 21.8 Å². The molecule has 2 N–H and O–H groups in total. The first kappa shape index (κ1) is 19.2. The lowest BCUT2D eigenvalue weighted by atomic mass is 10.1. The van der Waals surface area contributed by atoms with Crippen LogP contribution < -0.4 is 20.1 Å². The van der Waals surface area contributed by atoms with Crippen molar-refractivity contribution in [3.63, 3.8) is 0 Å². The van der Waals surface area contributed by atoms with Gasteiger partial charge in [-0.3, -0.25) is 4.79 Å². The van der Waals surface area contributed by atoms with Gasteiger partial charge in [0.15, 0.2) is 17.3 Å². The van der Waals surface area contributed by atoms with Crippen molar-refractivity contribution in [2.45, 2.75) is 13.3 Å². The van der Waals surface area contributed by atoms with Gasteiger partial charge < -0.3 is 24.6 Å². The molecule has 1 aromatic carbocycles. The number of hydrogen-bond acceptors (Lipinski definition) is 8. The predicted octanol–water partition coefficient (Wildman–Crippen LogP) is 2.51. The van der Waals surface area contributed by atoms with Gasteiger partial charge >= 0.3 is 0 Å². The number of amides is 1. The highest BCUT2D eigenvalue weighted by Crippen LogP contribution is 2.27. The van der Waals surface area contributed by atoms with Crippen LogP contribution in [-0.4, -0.2) is 41.8 Å². The first-order valence-corrected chi connectivity index (χ1v) is 8.61. The summed E-state index contributed by atoms with van der Waals surface area (Å²) in [5.41, 5.74) is 1.27. The second-order valence-electron chi connectivity index (χ2n) is 5.91. The normalized spacial score (nSPS) is 10.4. The van der Waals surface area contributed by atoms with Crippen molar-refractivity contribution in [2.24, 2.45) is 0 Å². The second-order valence-corrected chi connectivity index (χ2v) is 5.91. The minimum Gasteiger partial charge on any atom is -0.493 e. The van der Waals surface area contributed by atoms with Crippen LogP contribution in [0.5, 0.6) is 11.5 Å². The molecule has 0 aliphatic carbocycles. The van der Waals surface area contributed by atoms with Gasteiger partial charge in [0.2, 0.25) is 5.95 Å². The third-order valence-corrected chi connectivity index (χ3v) is 3.90. The zero-order chi connectivity index (χ0) is 19.9. The lowest BCUT2D eigenvalue weighted by molar-refractivity contribution is 0.0949. The zero-order valence-corrected chi connectivity index (χ0v) is 15.9. The Morgan fingerprint density at radius 3 is 2.68 bits per heavy atom. The Morgan fingerprint density at radius 2 is 1.96 bits per heavy atom. The van der Waals surface area contributed by atoms with Crippen molar-refractivity contribution >= 4 is 17.7 Å². The van der Waals surface area contributed by atoms with Crippen LogP contribution in [0.2, 0.25) is 0 Å². The molecule has 0 atom stereocenters. The third kappa shape index (κ3) is 4.76. The maximum atomic E-state index is 12.4. The van der Waals surface area contributed by atoms with E-state index in [1.165, 1.54) is 6.20 Å². The van der Waals surface area contributed by atoms with E-state index < -0.39 is 0 Å². The maximum absolute atomic E-state index is 12.4. The summed E-state index contributed by atoms with van der Waals surface area (Å²) in [5, 5.41) is 9.55. The smallest absolute Gasteiger partial charge is 0.270 e. The summed E-state index contributed by atoms with van der Waals surface area (Å²) in [6.45, 7) is 2.23. The SMILES string of the molecule is COc1ccc(CCNC(=O)c2ccnc(Nc3cc(C)on3)n2)cc1OC. The number of rotatable bonds is 8. The molecule has 3 aromatic rings. The molecule has 0 saturated heterocycles. The molecule has 146 valence electrons. The average molecular weight is 383 g/mol. The molecular formula is C19H21N5O4.